The second-order valence-electron chi connectivity index (χ2n) is 6.78. The molecule has 0 spiro atoms. The number of amides is 1. The van der Waals surface area contributed by atoms with Gasteiger partial charge in [-0.3, -0.25) is 4.79 Å². The number of halogens is 1. The van der Waals surface area contributed by atoms with Gasteiger partial charge in [0.25, 0.3) is 0 Å². The van der Waals surface area contributed by atoms with Crippen LogP contribution in [0, 0.1) is 0 Å². The molecule has 0 radical (unpaired) electrons. The van der Waals surface area contributed by atoms with Gasteiger partial charge in [-0.05, 0) is 41.8 Å². The summed E-state index contributed by atoms with van der Waals surface area (Å²) in [5.74, 6) is 1.95. The molecule has 0 saturated heterocycles. The van der Waals surface area contributed by atoms with Gasteiger partial charge in [-0.1, -0.05) is 59.7 Å². The Balaban J connectivity index is 1.56. The molecule has 0 bridgehead atoms. The van der Waals surface area contributed by atoms with Crippen molar-refractivity contribution in [2.45, 2.75) is 31.5 Å². The quantitative estimate of drug-likeness (QED) is 0.464. The van der Waals surface area contributed by atoms with Crippen LogP contribution in [0.3, 0.4) is 0 Å². The lowest BCUT2D eigenvalue weighted by Crippen LogP contribution is -2.16. The van der Waals surface area contributed by atoms with Crippen LogP contribution in [0.4, 0.5) is 5.69 Å². The molecule has 2 aromatic carbocycles. The van der Waals surface area contributed by atoms with Crippen LogP contribution in [-0.4, -0.2) is 26.4 Å². The van der Waals surface area contributed by atoms with E-state index in [1.165, 1.54) is 11.8 Å². The number of aromatic nitrogens is 3. The Morgan fingerprint density at radius 1 is 1.21 bits per heavy atom. The van der Waals surface area contributed by atoms with E-state index < -0.39 is 0 Å². The number of para-hydroxylation sites is 1. The van der Waals surface area contributed by atoms with Crippen LogP contribution in [0.15, 0.2) is 58.2 Å². The molecule has 0 aliphatic heterocycles. The van der Waals surface area contributed by atoms with Crippen molar-refractivity contribution < 1.29 is 9.53 Å². The van der Waals surface area contributed by atoms with E-state index in [2.05, 4.69) is 45.3 Å². The van der Waals surface area contributed by atoms with Crippen LogP contribution in [0.5, 0.6) is 5.75 Å². The van der Waals surface area contributed by atoms with Crippen molar-refractivity contribution in [3.05, 3.63) is 64.4 Å². The van der Waals surface area contributed by atoms with E-state index in [4.69, 9.17) is 4.74 Å². The summed E-state index contributed by atoms with van der Waals surface area (Å²) in [4.78, 5) is 12.4. The van der Waals surface area contributed by atoms with E-state index in [0.717, 1.165) is 21.5 Å². The van der Waals surface area contributed by atoms with Gasteiger partial charge in [-0.2, -0.15) is 0 Å². The largest absolute Gasteiger partial charge is 0.486 e. The molecular formula is C21H23BrN4O2S. The Hall–Kier alpha value is -2.32. The molecule has 152 valence electrons. The number of nitrogens with zero attached hydrogens (tertiary/aromatic N) is 3. The lowest BCUT2D eigenvalue weighted by Gasteiger charge is -2.14. The second-order valence-corrected chi connectivity index (χ2v) is 8.64. The molecule has 1 aromatic heterocycles. The van der Waals surface area contributed by atoms with E-state index in [1.807, 2.05) is 60.1 Å². The van der Waals surface area contributed by atoms with Crippen LogP contribution in [-0.2, 0) is 18.4 Å². The van der Waals surface area contributed by atoms with Gasteiger partial charge >= 0.3 is 0 Å². The topological polar surface area (TPSA) is 69.0 Å². The van der Waals surface area contributed by atoms with Crippen LogP contribution >= 0.6 is 27.7 Å². The Morgan fingerprint density at radius 2 is 1.97 bits per heavy atom. The van der Waals surface area contributed by atoms with E-state index in [-0.39, 0.29) is 11.7 Å². The van der Waals surface area contributed by atoms with E-state index >= 15 is 0 Å². The lowest BCUT2D eigenvalue weighted by atomic mass is 10.0. The Labute approximate surface area is 183 Å². The summed E-state index contributed by atoms with van der Waals surface area (Å²) < 4.78 is 8.57. The van der Waals surface area contributed by atoms with E-state index in [0.29, 0.717) is 23.5 Å². The number of rotatable bonds is 8. The second kappa shape index (κ2) is 9.93. The summed E-state index contributed by atoms with van der Waals surface area (Å²) in [6.07, 6.45) is 0. The van der Waals surface area contributed by atoms with Gasteiger partial charge in [0, 0.05) is 17.2 Å². The summed E-state index contributed by atoms with van der Waals surface area (Å²) in [5, 5.41) is 12.0. The minimum absolute atomic E-state index is 0.0793. The summed E-state index contributed by atoms with van der Waals surface area (Å²) in [5.41, 5.74) is 1.93. The number of ether oxygens (including phenoxy) is 1. The van der Waals surface area contributed by atoms with Crippen LogP contribution < -0.4 is 10.1 Å². The molecule has 1 amide bonds. The van der Waals surface area contributed by atoms with Crippen molar-refractivity contribution in [2.75, 3.05) is 11.1 Å². The first kappa shape index (κ1) is 21.4. The summed E-state index contributed by atoms with van der Waals surface area (Å²) in [6.45, 7) is 4.52. The van der Waals surface area contributed by atoms with Crippen molar-refractivity contribution in [2.24, 2.45) is 7.05 Å². The normalized spacial score (nSPS) is 10.9. The number of carbonyl (C=O) groups excluding carboxylic acids is 1. The molecule has 1 heterocycles. The molecule has 3 rings (SSSR count). The minimum atomic E-state index is -0.0793. The van der Waals surface area contributed by atoms with E-state index in [9.17, 15) is 4.79 Å². The molecule has 0 saturated carbocycles. The molecule has 8 heteroatoms. The molecule has 0 fully saturated rings. The molecule has 0 aliphatic rings. The maximum atomic E-state index is 12.4. The monoisotopic (exact) mass is 474 g/mol. The first-order chi connectivity index (χ1) is 13.9. The minimum Gasteiger partial charge on any atom is -0.486 e. The highest BCUT2D eigenvalue weighted by molar-refractivity contribution is 9.10. The molecule has 29 heavy (non-hydrogen) atoms. The maximum Gasteiger partial charge on any atom is 0.234 e. The number of hydrogen-bond acceptors (Lipinski definition) is 5. The third kappa shape index (κ3) is 5.83. The molecule has 6 nitrogen and oxygen atoms in total. The van der Waals surface area contributed by atoms with Crippen molar-refractivity contribution in [1.82, 2.24) is 14.8 Å². The number of benzene rings is 2. The van der Waals surface area contributed by atoms with Crippen molar-refractivity contribution >= 4 is 39.3 Å². The van der Waals surface area contributed by atoms with Crippen LogP contribution in [0.2, 0.25) is 0 Å². The fourth-order valence-corrected chi connectivity index (χ4v) is 3.81. The summed E-state index contributed by atoms with van der Waals surface area (Å²) in [7, 11) is 1.87. The zero-order valence-electron chi connectivity index (χ0n) is 16.6. The third-order valence-electron chi connectivity index (χ3n) is 4.28. The highest BCUT2D eigenvalue weighted by Crippen LogP contribution is 2.28. The third-order valence-corrected chi connectivity index (χ3v) is 5.79. The van der Waals surface area contributed by atoms with E-state index in [1.54, 1.807) is 0 Å². The number of hydrogen-bond donors (Lipinski definition) is 1. The highest BCUT2D eigenvalue weighted by atomic mass is 79.9. The number of carbonyl (C=O) groups is 1. The molecule has 3 aromatic rings. The van der Waals surface area contributed by atoms with Crippen molar-refractivity contribution in [1.29, 1.82) is 0 Å². The SMILES string of the molecule is CC(C)c1cc(Br)ccc1NC(=O)CSc1nnc(COc2ccccc2)n1C. The predicted molar refractivity (Wildman–Crippen MR) is 119 cm³/mol. The van der Waals surface area contributed by atoms with Crippen LogP contribution in [0.1, 0.15) is 31.2 Å². The smallest absolute Gasteiger partial charge is 0.234 e. The molecule has 1 N–H and O–H groups in total. The van der Waals surface area contributed by atoms with Gasteiger partial charge in [0.2, 0.25) is 5.91 Å². The van der Waals surface area contributed by atoms with Gasteiger partial charge in [-0.25, -0.2) is 0 Å². The average Bonchev–Trinajstić information content (AvgIpc) is 3.06. The first-order valence-corrected chi connectivity index (χ1v) is 11.0. The fourth-order valence-electron chi connectivity index (χ4n) is 2.70. The fraction of sp³-hybridized carbons (Fsp3) is 0.286. The zero-order chi connectivity index (χ0) is 20.8. The predicted octanol–water partition coefficient (Wildman–Crippen LogP) is 5.01. The van der Waals surface area contributed by atoms with Gasteiger partial charge in [0.1, 0.15) is 12.4 Å². The molecule has 0 atom stereocenters. The number of thioether (sulfide) groups is 1. The number of anilines is 1. The molecular weight excluding hydrogens is 452 g/mol. The maximum absolute atomic E-state index is 12.4. The molecule has 0 aliphatic carbocycles. The van der Waals surface area contributed by atoms with Crippen molar-refractivity contribution in [3.63, 3.8) is 0 Å². The van der Waals surface area contributed by atoms with Gasteiger partial charge in [0.05, 0.1) is 5.75 Å². The average molecular weight is 475 g/mol. The highest BCUT2D eigenvalue weighted by Gasteiger charge is 2.14. The van der Waals surface area contributed by atoms with Crippen LogP contribution in [0.25, 0.3) is 0 Å². The Morgan fingerprint density at radius 3 is 2.69 bits per heavy atom. The lowest BCUT2D eigenvalue weighted by molar-refractivity contribution is -0.113. The zero-order valence-corrected chi connectivity index (χ0v) is 19.0. The van der Waals surface area contributed by atoms with Gasteiger partial charge < -0.3 is 14.6 Å². The summed E-state index contributed by atoms with van der Waals surface area (Å²) in [6, 6.07) is 15.4. The number of nitrogens with one attached hydrogen (secondary N) is 1. The standard InChI is InChI=1S/C21H23BrN4O2S/c1-14(2)17-11-15(22)9-10-18(17)23-20(27)13-29-21-25-24-19(26(21)3)12-28-16-7-5-4-6-8-16/h4-11,14H,12-13H2,1-3H3,(H,23,27). The molecule has 0 unspecified atom stereocenters. The Bertz CT molecular complexity index is 976. The van der Waals surface area contributed by atoms with Gasteiger partial charge in [-0.15, -0.1) is 10.2 Å². The Kier molecular flexibility index (Phi) is 7.33. The first-order valence-electron chi connectivity index (χ1n) is 9.22. The van der Waals surface area contributed by atoms with Crippen molar-refractivity contribution in [3.8, 4) is 5.75 Å². The van der Waals surface area contributed by atoms with Gasteiger partial charge in [0.15, 0.2) is 11.0 Å². The summed E-state index contributed by atoms with van der Waals surface area (Å²) >= 11 is 4.83.